The fourth-order valence-corrected chi connectivity index (χ4v) is 6.66. The van der Waals surface area contributed by atoms with Crippen LogP contribution < -0.4 is 0 Å². The van der Waals surface area contributed by atoms with Crippen LogP contribution in [0.25, 0.3) is 0 Å². The number of hydrogen-bond donors (Lipinski definition) is 0. The molecule has 0 fully saturated rings. The van der Waals surface area contributed by atoms with E-state index >= 15 is 0 Å². The Hall–Kier alpha value is -0.790. The lowest BCUT2D eigenvalue weighted by Crippen LogP contribution is -2.05. The van der Waals surface area contributed by atoms with E-state index in [1.54, 1.807) is 0 Å². The molecule has 0 radical (unpaired) electrons. The molecule has 0 saturated heterocycles. The first-order chi connectivity index (χ1) is 22.8. The number of unbranched alkanes of at least 4 members (excludes halogenated alkanes) is 34. The molecule has 0 aromatic carbocycles. The van der Waals surface area contributed by atoms with Crippen LogP contribution in [0, 0.1) is 0 Å². The monoisotopic (exact) mass is 647 g/mol. The lowest BCUT2D eigenvalue weighted by Gasteiger charge is -2.06. The first kappa shape index (κ1) is 45.2. The molecule has 0 atom stereocenters. The van der Waals surface area contributed by atoms with Crippen molar-refractivity contribution in [2.24, 2.45) is 0 Å². The third-order valence-electron chi connectivity index (χ3n) is 9.90. The van der Waals surface area contributed by atoms with Gasteiger partial charge in [0.15, 0.2) is 0 Å². The van der Waals surface area contributed by atoms with Crippen molar-refractivity contribution < 1.29 is 9.53 Å². The van der Waals surface area contributed by atoms with E-state index in [1.165, 1.54) is 225 Å². The summed E-state index contributed by atoms with van der Waals surface area (Å²) in [7, 11) is 0. The third kappa shape index (κ3) is 41.2. The Kier molecular flexibility index (Phi) is 41.5. The lowest BCUT2D eigenvalue weighted by atomic mass is 10.0. The van der Waals surface area contributed by atoms with E-state index < -0.39 is 0 Å². The molecule has 0 unspecified atom stereocenters. The Morgan fingerprint density at radius 1 is 0.348 bits per heavy atom. The molecule has 0 aromatic rings. The van der Waals surface area contributed by atoms with Crippen LogP contribution >= 0.6 is 0 Å². The molecule has 2 heteroatoms. The largest absolute Gasteiger partial charge is 0.466 e. The molecule has 2 nitrogen and oxygen atoms in total. The predicted molar refractivity (Wildman–Crippen MR) is 207 cm³/mol. The Morgan fingerprint density at radius 3 is 0.935 bits per heavy atom. The molecule has 0 bridgehead atoms. The Labute approximate surface area is 291 Å². The summed E-state index contributed by atoms with van der Waals surface area (Å²) >= 11 is 0. The Balaban J connectivity index is 3.17. The molecule has 46 heavy (non-hydrogen) atoms. The van der Waals surface area contributed by atoms with Gasteiger partial charge in [0.05, 0.1) is 6.61 Å². The summed E-state index contributed by atoms with van der Waals surface area (Å²) in [6, 6.07) is 0. The van der Waals surface area contributed by atoms with Gasteiger partial charge >= 0.3 is 5.97 Å². The summed E-state index contributed by atoms with van der Waals surface area (Å²) in [5.74, 6) is 0.0267. The van der Waals surface area contributed by atoms with Crippen molar-refractivity contribution in [2.75, 3.05) is 6.61 Å². The standard InChI is InChI=1S/C44H86O2/c1-3-5-7-9-11-13-15-17-19-21-23-24-25-26-28-30-32-34-36-38-40-42-44(45)46-43-41-39-37-35-33-31-29-27-22-20-18-16-14-12-10-8-6-4-2/h18,20H,3-17,19,21-43H2,1-2H3/b20-18-. The molecule has 0 rings (SSSR count). The van der Waals surface area contributed by atoms with Crippen LogP contribution in [-0.2, 0) is 9.53 Å². The Morgan fingerprint density at radius 2 is 0.609 bits per heavy atom. The number of carbonyl (C=O) groups is 1. The number of carbonyl (C=O) groups excluding carboxylic acids is 1. The minimum atomic E-state index is 0.0267. The first-order valence-electron chi connectivity index (χ1n) is 21.6. The van der Waals surface area contributed by atoms with E-state index in [-0.39, 0.29) is 5.97 Å². The van der Waals surface area contributed by atoms with Crippen LogP contribution in [-0.4, -0.2) is 12.6 Å². The molecule has 0 heterocycles. The van der Waals surface area contributed by atoms with Gasteiger partial charge in [-0.3, -0.25) is 4.79 Å². The van der Waals surface area contributed by atoms with Crippen LogP contribution in [0.2, 0.25) is 0 Å². The van der Waals surface area contributed by atoms with Crippen molar-refractivity contribution >= 4 is 5.97 Å². The van der Waals surface area contributed by atoms with E-state index in [9.17, 15) is 4.79 Å². The van der Waals surface area contributed by atoms with Crippen LogP contribution in [0.4, 0.5) is 0 Å². The fourth-order valence-electron chi connectivity index (χ4n) is 6.66. The lowest BCUT2D eigenvalue weighted by molar-refractivity contribution is -0.143. The van der Waals surface area contributed by atoms with Gasteiger partial charge in [-0.1, -0.05) is 225 Å². The number of hydrogen-bond acceptors (Lipinski definition) is 2. The smallest absolute Gasteiger partial charge is 0.305 e. The topological polar surface area (TPSA) is 26.3 Å². The van der Waals surface area contributed by atoms with Gasteiger partial charge in [-0.25, -0.2) is 0 Å². The van der Waals surface area contributed by atoms with Gasteiger partial charge in [0.2, 0.25) is 0 Å². The van der Waals surface area contributed by atoms with E-state index in [2.05, 4.69) is 26.0 Å². The second kappa shape index (κ2) is 42.2. The number of allylic oxidation sites excluding steroid dienone is 2. The molecular weight excluding hydrogens is 560 g/mol. The summed E-state index contributed by atoms with van der Waals surface area (Å²) in [5.41, 5.74) is 0. The first-order valence-corrected chi connectivity index (χ1v) is 21.6. The predicted octanol–water partition coefficient (Wildman–Crippen LogP) is 15.9. The zero-order chi connectivity index (χ0) is 33.3. The van der Waals surface area contributed by atoms with Crippen LogP contribution in [0.5, 0.6) is 0 Å². The van der Waals surface area contributed by atoms with Gasteiger partial charge in [0.1, 0.15) is 0 Å². The van der Waals surface area contributed by atoms with Gasteiger partial charge in [-0.2, -0.15) is 0 Å². The minimum Gasteiger partial charge on any atom is -0.466 e. The van der Waals surface area contributed by atoms with Crippen LogP contribution in [0.15, 0.2) is 12.2 Å². The van der Waals surface area contributed by atoms with Crippen molar-refractivity contribution in [3.63, 3.8) is 0 Å². The third-order valence-corrected chi connectivity index (χ3v) is 9.90. The molecule has 0 aliphatic carbocycles. The summed E-state index contributed by atoms with van der Waals surface area (Å²) < 4.78 is 5.47. The SMILES string of the molecule is CCCCCCCC/C=C\CCCCCCCCCCOC(=O)CCCCCCCCCCCCCCCCCCCCCCC. The van der Waals surface area contributed by atoms with E-state index in [0.717, 1.165) is 12.8 Å². The molecule has 0 aliphatic heterocycles. The molecule has 0 spiro atoms. The summed E-state index contributed by atoms with van der Waals surface area (Å²) in [5, 5.41) is 0. The summed E-state index contributed by atoms with van der Waals surface area (Å²) in [4.78, 5) is 12.0. The van der Waals surface area contributed by atoms with Crippen molar-refractivity contribution in [3.8, 4) is 0 Å². The summed E-state index contributed by atoms with van der Waals surface area (Å²) in [6.45, 7) is 5.21. The minimum absolute atomic E-state index is 0.0267. The van der Waals surface area contributed by atoms with E-state index in [4.69, 9.17) is 4.74 Å². The maximum absolute atomic E-state index is 12.0. The Bertz CT molecular complexity index is 582. The highest BCUT2D eigenvalue weighted by Crippen LogP contribution is 2.16. The number of rotatable bonds is 40. The maximum Gasteiger partial charge on any atom is 0.305 e. The van der Waals surface area contributed by atoms with Crippen molar-refractivity contribution in [3.05, 3.63) is 12.2 Å². The van der Waals surface area contributed by atoms with Crippen molar-refractivity contribution in [1.29, 1.82) is 0 Å². The number of ether oxygens (including phenoxy) is 1. The zero-order valence-electron chi connectivity index (χ0n) is 32.0. The van der Waals surface area contributed by atoms with Gasteiger partial charge in [0.25, 0.3) is 0 Å². The average molecular weight is 647 g/mol. The average Bonchev–Trinajstić information content (AvgIpc) is 3.06. The quantitative estimate of drug-likeness (QED) is 0.0376. The molecule has 0 saturated carbocycles. The highest BCUT2D eigenvalue weighted by molar-refractivity contribution is 5.69. The highest BCUT2D eigenvalue weighted by atomic mass is 16.5. The molecule has 0 amide bonds. The fraction of sp³-hybridized carbons (Fsp3) is 0.932. The number of esters is 1. The van der Waals surface area contributed by atoms with Gasteiger partial charge in [0, 0.05) is 6.42 Å². The van der Waals surface area contributed by atoms with Crippen molar-refractivity contribution in [2.45, 2.75) is 258 Å². The van der Waals surface area contributed by atoms with Crippen molar-refractivity contribution in [1.82, 2.24) is 0 Å². The highest BCUT2D eigenvalue weighted by Gasteiger charge is 2.03. The molecule has 274 valence electrons. The second-order valence-electron chi connectivity index (χ2n) is 14.7. The van der Waals surface area contributed by atoms with E-state index in [1.807, 2.05) is 0 Å². The van der Waals surface area contributed by atoms with E-state index in [0.29, 0.717) is 13.0 Å². The normalized spacial score (nSPS) is 11.6. The van der Waals surface area contributed by atoms with Crippen LogP contribution in [0.1, 0.15) is 258 Å². The molecular formula is C44H86O2. The molecule has 0 N–H and O–H groups in total. The molecule has 0 aromatic heterocycles. The zero-order valence-corrected chi connectivity index (χ0v) is 32.0. The van der Waals surface area contributed by atoms with Gasteiger partial charge < -0.3 is 4.74 Å². The maximum atomic E-state index is 12.0. The van der Waals surface area contributed by atoms with Crippen LogP contribution in [0.3, 0.4) is 0 Å². The molecule has 0 aliphatic rings. The second-order valence-corrected chi connectivity index (χ2v) is 14.7. The van der Waals surface area contributed by atoms with Gasteiger partial charge in [-0.15, -0.1) is 0 Å². The summed E-state index contributed by atoms with van der Waals surface area (Å²) in [6.07, 6.45) is 56.0. The van der Waals surface area contributed by atoms with Gasteiger partial charge in [-0.05, 0) is 38.5 Å².